The first-order chi connectivity index (χ1) is 18.3. The van der Waals surface area contributed by atoms with Crippen molar-refractivity contribution < 1.29 is 0 Å². The molecule has 0 nitrogen and oxygen atoms in total. The molecule has 8 aromatic carbocycles. The smallest absolute Gasteiger partial charge is 0.0101 e. The Kier molecular flexibility index (Phi) is 3.78. The van der Waals surface area contributed by atoms with Crippen molar-refractivity contribution in [3.63, 3.8) is 0 Å². The van der Waals surface area contributed by atoms with Gasteiger partial charge in [0.1, 0.15) is 0 Å². The lowest BCUT2D eigenvalue weighted by Crippen LogP contribution is -2.01. The number of benzene rings is 8. The SMILES string of the molecule is C1=C(c2ccc3ccc4cccc5ccc2c3c45)C(c2ccc3ccc4cccc5ccc2c3c45)CC1. The zero-order valence-corrected chi connectivity index (χ0v) is 20.5. The third-order valence-corrected chi connectivity index (χ3v) is 8.97. The molecule has 37 heavy (non-hydrogen) atoms. The zero-order valence-electron chi connectivity index (χ0n) is 20.5. The molecule has 0 saturated carbocycles. The number of rotatable bonds is 2. The molecule has 0 bridgehead atoms. The number of hydrogen-bond acceptors (Lipinski definition) is 0. The minimum Gasteiger partial charge on any atom is -0.0800 e. The Morgan fingerprint density at radius 2 is 0.919 bits per heavy atom. The highest BCUT2D eigenvalue weighted by Crippen LogP contribution is 2.48. The van der Waals surface area contributed by atoms with Crippen molar-refractivity contribution in [2.75, 3.05) is 0 Å². The van der Waals surface area contributed by atoms with Gasteiger partial charge in [-0.15, -0.1) is 0 Å². The highest BCUT2D eigenvalue weighted by atomic mass is 14.3. The summed E-state index contributed by atoms with van der Waals surface area (Å²) in [5, 5.41) is 16.5. The summed E-state index contributed by atoms with van der Waals surface area (Å²) in [5.74, 6) is 0.406. The van der Waals surface area contributed by atoms with E-state index in [2.05, 4.69) is 115 Å². The van der Waals surface area contributed by atoms with Crippen LogP contribution in [-0.2, 0) is 0 Å². The molecule has 9 rings (SSSR count). The summed E-state index contributed by atoms with van der Waals surface area (Å²) in [6.45, 7) is 0. The van der Waals surface area contributed by atoms with E-state index in [4.69, 9.17) is 0 Å². The predicted molar refractivity (Wildman–Crippen MR) is 160 cm³/mol. The van der Waals surface area contributed by atoms with Crippen LogP contribution in [0.15, 0.2) is 115 Å². The van der Waals surface area contributed by atoms with E-state index in [1.807, 2.05) is 0 Å². The lowest BCUT2D eigenvalue weighted by Gasteiger charge is -2.22. The van der Waals surface area contributed by atoms with Crippen molar-refractivity contribution in [1.29, 1.82) is 0 Å². The Hall–Kier alpha value is -4.42. The van der Waals surface area contributed by atoms with Crippen LogP contribution in [0.1, 0.15) is 29.9 Å². The van der Waals surface area contributed by atoms with Gasteiger partial charge in [-0.2, -0.15) is 0 Å². The van der Waals surface area contributed by atoms with Crippen molar-refractivity contribution in [3.05, 3.63) is 126 Å². The van der Waals surface area contributed by atoms with Crippen molar-refractivity contribution >= 4 is 70.2 Å². The quantitative estimate of drug-likeness (QED) is 0.221. The molecule has 0 spiro atoms. The van der Waals surface area contributed by atoms with E-state index in [0.29, 0.717) is 5.92 Å². The van der Waals surface area contributed by atoms with Crippen LogP contribution in [0.5, 0.6) is 0 Å². The molecule has 0 amide bonds. The Labute approximate surface area is 215 Å². The maximum Gasteiger partial charge on any atom is 0.0101 e. The molecule has 0 aromatic heterocycles. The Morgan fingerprint density at radius 3 is 1.57 bits per heavy atom. The van der Waals surface area contributed by atoms with Crippen LogP contribution in [-0.4, -0.2) is 0 Å². The largest absolute Gasteiger partial charge is 0.0800 e. The second kappa shape index (κ2) is 7.08. The van der Waals surface area contributed by atoms with Gasteiger partial charge in [0.2, 0.25) is 0 Å². The Balaban J connectivity index is 1.30. The highest BCUT2D eigenvalue weighted by Gasteiger charge is 2.26. The van der Waals surface area contributed by atoms with E-state index in [-0.39, 0.29) is 0 Å². The van der Waals surface area contributed by atoms with E-state index >= 15 is 0 Å². The first kappa shape index (κ1) is 19.7. The lowest BCUT2D eigenvalue weighted by molar-refractivity contribution is 0.818. The van der Waals surface area contributed by atoms with E-state index in [1.54, 1.807) is 0 Å². The summed E-state index contributed by atoms with van der Waals surface area (Å²) < 4.78 is 0. The van der Waals surface area contributed by atoms with Gasteiger partial charge in [0.15, 0.2) is 0 Å². The topological polar surface area (TPSA) is 0 Å². The van der Waals surface area contributed by atoms with Crippen LogP contribution in [0.2, 0.25) is 0 Å². The number of allylic oxidation sites excluding steroid dienone is 2. The van der Waals surface area contributed by atoms with Crippen LogP contribution in [0.4, 0.5) is 0 Å². The molecule has 0 aliphatic heterocycles. The van der Waals surface area contributed by atoms with Gasteiger partial charge in [-0.3, -0.25) is 0 Å². The average Bonchev–Trinajstić information content (AvgIpc) is 3.44. The first-order valence-corrected chi connectivity index (χ1v) is 13.4. The third-order valence-electron chi connectivity index (χ3n) is 8.97. The van der Waals surface area contributed by atoms with Gasteiger partial charge in [-0.05, 0) is 94.2 Å². The molecule has 0 radical (unpaired) electrons. The van der Waals surface area contributed by atoms with E-state index < -0.39 is 0 Å². The Bertz CT molecular complexity index is 2160. The zero-order chi connectivity index (χ0) is 24.1. The van der Waals surface area contributed by atoms with Crippen molar-refractivity contribution in [1.82, 2.24) is 0 Å². The van der Waals surface area contributed by atoms with Gasteiger partial charge >= 0.3 is 0 Å². The molecule has 0 N–H and O–H groups in total. The van der Waals surface area contributed by atoms with Gasteiger partial charge in [0, 0.05) is 5.92 Å². The average molecular weight is 469 g/mol. The van der Waals surface area contributed by atoms with Crippen LogP contribution >= 0.6 is 0 Å². The molecule has 172 valence electrons. The fraction of sp³-hybridized carbons (Fsp3) is 0.0811. The molecule has 0 heteroatoms. The molecule has 0 heterocycles. The summed E-state index contributed by atoms with van der Waals surface area (Å²) >= 11 is 0. The van der Waals surface area contributed by atoms with E-state index in [0.717, 1.165) is 6.42 Å². The lowest BCUT2D eigenvalue weighted by atomic mass is 9.81. The van der Waals surface area contributed by atoms with Gasteiger partial charge in [0.05, 0.1) is 0 Å². The Morgan fingerprint density at radius 1 is 0.432 bits per heavy atom. The second-order valence-corrected chi connectivity index (χ2v) is 10.8. The second-order valence-electron chi connectivity index (χ2n) is 10.8. The maximum absolute atomic E-state index is 2.51. The summed E-state index contributed by atoms with van der Waals surface area (Å²) in [6.07, 6.45) is 4.81. The standard InChI is InChI=1S/C37H24/c1-4-22-10-12-26-14-18-30(32-20-16-24(6-1)34(22)36(26)32)28-8-3-9-29(28)31-19-15-27-13-11-23-5-2-7-25-17-21-33(31)37(27)35(23)25/h1-2,4-8,10-21,29H,3,9H2. The van der Waals surface area contributed by atoms with Gasteiger partial charge in [0.25, 0.3) is 0 Å². The third kappa shape index (κ3) is 2.58. The number of hydrogen-bond donors (Lipinski definition) is 0. The van der Waals surface area contributed by atoms with E-state index in [9.17, 15) is 0 Å². The van der Waals surface area contributed by atoms with Crippen LogP contribution in [0.25, 0.3) is 70.2 Å². The first-order valence-electron chi connectivity index (χ1n) is 13.4. The van der Waals surface area contributed by atoms with Gasteiger partial charge in [-0.1, -0.05) is 115 Å². The van der Waals surface area contributed by atoms with Crippen molar-refractivity contribution in [2.24, 2.45) is 0 Å². The molecular formula is C37H24. The molecule has 0 saturated heterocycles. The summed E-state index contributed by atoms with van der Waals surface area (Å²) in [7, 11) is 0. The summed E-state index contributed by atoms with van der Waals surface area (Å²) in [5.41, 5.74) is 4.37. The van der Waals surface area contributed by atoms with Gasteiger partial charge in [-0.25, -0.2) is 0 Å². The molecule has 1 aliphatic carbocycles. The fourth-order valence-electron chi connectivity index (χ4n) is 7.37. The molecule has 8 aromatic rings. The molecule has 1 aliphatic rings. The maximum atomic E-state index is 2.51. The van der Waals surface area contributed by atoms with E-state index in [1.165, 1.54) is 87.8 Å². The minimum absolute atomic E-state index is 0.406. The highest BCUT2D eigenvalue weighted by molar-refractivity contribution is 6.26. The molecule has 1 unspecified atom stereocenters. The monoisotopic (exact) mass is 468 g/mol. The summed E-state index contributed by atoms with van der Waals surface area (Å²) in [4.78, 5) is 0. The predicted octanol–water partition coefficient (Wildman–Crippen LogP) is 10.4. The van der Waals surface area contributed by atoms with Crippen LogP contribution in [0.3, 0.4) is 0 Å². The molecule has 1 atom stereocenters. The van der Waals surface area contributed by atoms with Crippen molar-refractivity contribution in [2.45, 2.75) is 18.8 Å². The fourth-order valence-corrected chi connectivity index (χ4v) is 7.37. The van der Waals surface area contributed by atoms with Crippen LogP contribution in [0, 0.1) is 0 Å². The summed E-state index contributed by atoms with van der Waals surface area (Å²) in [6, 6.07) is 41.3. The molecule has 0 fully saturated rings. The van der Waals surface area contributed by atoms with Crippen LogP contribution < -0.4 is 0 Å². The normalized spacial score (nSPS) is 16.3. The minimum atomic E-state index is 0.406. The molecular weight excluding hydrogens is 444 g/mol. The van der Waals surface area contributed by atoms with Crippen molar-refractivity contribution in [3.8, 4) is 0 Å². The van der Waals surface area contributed by atoms with Gasteiger partial charge < -0.3 is 0 Å².